The molecule has 0 fully saturated rings. The third kappa shape index (κ3) is 3.23. The molecule has 0 spiro atoms. The van der Waals surface area contributed by atoms with Crippen molar-refractivity contribution in [2.24, 2.45) is 0 Å². The van der Waals surface area contributed by atoms with Crippen LogP contribution in [0.5, 0.6) is 0 Å². The first-order chi connectivity index (χ1) is 12.1. The molecule has 0 saturated heterocycles. The molecule has 138 valence electrons. The summed E-state index contributed by atoms with van der Waals surface area (Å²) in [5.74, 6) is 0. The minimum Gasteiger partial charge on any atom is -0.238 e. The summed E-state index contributed by atoms with van der Waals surface area (Å²) in [6.45, 7) is 3.74. The van der Waals surface area contributed by atoms with Crippen LogP contribution in [-0.4, -0.2) is 12.4 Å². The molecular weight excluding hydrogens is 363 g/mol. The maximum Gasteiger partial charge on any atom is 0.416 e. The van der Waals surface area contributed by atoms with Gasteiger partial charge in [0.15, 0.2) is 0 Å². The number of hydrogen-bond donors (Lipinski definition) is 0. The third-order valence-electron chi connectivity index (χ3n) is 4.22. The van der Waals surface area contributed by atoms with Gasteiger partial charge < -0.3 is 0 Å². The van der Waals surface area contributed by atoms with Gasteiger partial charge in [-0.1, -0.05) is 31.0 Å². The molecule has 2 aromatic carbocycles. The fraction of sp³-hybridized carbons (Fsp3) is 0.263. The number of fused-ring (bicyclic) bond motifs is 1. The Morgan fingerprint density at radius 3 is 2.23 bits per heavy atom. The highest BCUT2D eigenvalue weighted by molar-refractivity contribution is 7.90. The molecule has 1 aromatic heterocycles. The van der Waals surface area contributed by atoms with Crippen molar-refractivity contribution in [3.8, 4) is 0 Å². The van der Waals surface area contributed by atoms with Gasteiger partial charge in [0, 0.05) is 11.1 Å². The standard InChI is InChI=1S/C19H18F3NO2S/c1-3-4-16-12-14-11-15(19(20,21)22)7-10-18(14)23(16)26(24,25)17-8-5-13(2)6-9-17/h5-12H,3-4H2,1-2H3. The summed E-state index contributed by atoms with van der Waals surface area (Å²) in [4.78, 5) is 0.109. The van der Waals surface area contributed by atoms with E-state index in [0.717, 1.165) is 21.7 Å². The SMILES string of the molecule is CCCc1cc2cc(C(F)(F)F)ccc2n1S(=O)(=O)c1ccc(C)cc1. The Morgan fingerprint density at radius 1 is 1.00 bits per heavy atom. The van der Waals surface area contributed by atoms with Crippen LogP contribution >= 0.6 is 0 Å². The minimum absolute atomic E-state index is 0.109. The number of hydrogen-bond acceptors (Lipinski definition) is 2. The highest BCUT2D eigenvalue weighted by Gasteiger charge is 2.31. The van der Waals surface area contributed by atoms with Crippen molar-refractivity contribution in [3.05, 3.63) is 65.4 Å². The average molecular weight is 381 g/mol. The molecule has 0 saturated carbocycles. The predicted octanol–water partition coefficient (Wildman–Crippen LogP) is 5.16. The largest absolute Gasteiger partial charge is 0.416 e. The van der Waals surface area contributed by atoms with Gasteiger partial charge in [-0.2, -0.15) is 13.2 Å². The first-order valence-electron chi connectivity index (χ1n) is 8.18. The van der Waals surface area contributed by atoms with Crippen LogP contribution in [0.4, 0.5) is 13.2 Å². The Bertz CT molecular complexity index is 1050. The van der Waals surface area contributed by atoms with Crippen molar-refractivity contribution in [1.82, 2.24) is 3.97 Å². The van der Waals surface area contributed by atoms with Crippen LogP contribution in [0.3, 0.4) is 0 Å². The second-order valence-electron chi connectivity index (χ2n) is 6.24. The fourth-order valence-corrected chi connectivity index (χ4v) is 4.52. The highest BCUT2D eigenvalue weighted by Crippen LogP contribution is 2.34. The lowest BCUT2D eigenvalue weighted by Crippen LogP contribution is -2.15. The van der Waals surface area contributed by atoms with Crippen molar-refractivity contribution < 1.29 is 21.6 Å². The molecule has 0 N–H and O–H groups in total. The third-order valence-corrected chi connectivity index (χ3v) is 6.00. The zero-order chi connectivity index (χ0) is 19.1. The number of alkyl halides is 3. The molecule has 7 heteroatoms. The molecule has 0 aliphatic heterocycles. The van der Waals surface area contributed by atoms with E-state index in [0.29, 0.717) is 18.5 Å². The van der Waals surface area contributed by atoms with Crippen LogP contribution in [0, 0.1) is 6.92 Å². The Balaban J connectivity index is 2.26. The smallest absolute Gasteiger partial charge is 0.238 e. The lowest BCUT2D eigenvalue weighted by molar-refractivity contribution is -0.137. The molecular formula is C19H18F3NO2S. The number of aromatic nitrogens is 1. The number of halogens is 3. The topological polar surface area (TPSA) is 39.1 Å². The summed E-state index contributed by atoms with van der Waals surface area (Å²) in [6, 6.07) is 11.1. The Kier molecular flexibility index (Phi) is 4.60. The van der Waals surface area contributed by atoms with Crippen molar-refractivity contribution in [2.75, 3.05) is 0 Å². The summed E-state index contributed by atoms with van der Waals surface area (Å²) in [6.07, 6.45) is -3.36. The van der Waals surface area contributed by atoms with Crippen LogP contribution < -0.4 is 0 Å². The maximum absolute atomic E-state index is 13.1. The van der Waals surface area contributed by atoms with E-state index in [9.17, 15) is 21.6 Å². The lowest BCUT2D eigenvalue weighted by atomic mass is 10.1. The number of rotatable bonds is 4. The van der Waals surface area contributed by atoms with E-state index < -0.39 is 21.8 Å². The van der Waals surface area contributed by atoms with E-state index in [1.165, 1.54) is 24.3 Å². The van der Waals surface area contributed by atoms with E-state index in [-0.39, 0.29) is 15.8 Å². The molecule has 1 heterocycles. The monoisotopic (exact) mass is 381 g/mol. The van der Waals surface area contributed by atoms with Crippen LogP contribution in [0.1, 0.15) is 30.2 Å². The molecule has 3 aromatic rings. The number of benzene rings is 2. The zero-order valence-corrected chi connectivity index (χ0v) is 15.2. The van der Waals surface area contributed by atoms with Gasteiger partial charge in [0.2, 0.25) is 0 Å². The van der Waals surface area contributed by atoms with Gasteiger partial charge in [0.1, 0.15) is 0 Å². The van der Waals surface area contributed by atoms with E-state index in [4.69, 9.17) is 0 Å². The van der Waals surface area contributed by atoms with E-state index in [1.807, 2.05) is 13.8 Å². The van der Waals surface area contributed by atoms with Crippen LogP contribution in [-0.2, 0) is 22.6 Å². The molecule has 0 aliphatic carbocycles. The molecule has 3 nitrogen and oxygen atoms in total. The van der Waals surface area contributed by atoms with Crippen LogP contribution in [0.15, 0.2) is 53.4 Å². The maximum atomic E-state index is 13.1. The molecule has 0 aliphatic rings. The first-order valence-corrected chi connectivity index (χ1v) is 9.62. The number of aryl methyl sites for hydroxylation is 2. The van der Waals surface area contributed by atoms with E-state index in [1.54, 1.807) is 12.1 Å². The summed E-state index contributed by atoms with van der Waals surface area (Å²) in [7, 11) is -3.90. The van der Waals surface area contributed by atoms with Gasteiger partial charge in [-0.05, 0) is 49.7 Å². The summed E-state index contributed by atoms with van der Waals surface area (Å²) >= 11 is 0. The quantitative estimate of drug-likeness (QED) is 0.626. The van der Waals surface area contributed by atoms with E-state index >= 15 is 0 Å². The molecule has 0 bridgehead atoms. The fourth-order valence-electron chi connectivity index (χ4n) is 2.95. The molecule has 0 radical (unpaired) electrons. The van der Waals surface area contributed by atoms with E-state index in [2.05, 4.69) is 0 Å². The second-order valence-corrected chi connectivity index (χ2v) is 8.03. The molecule has 0 atom stereocenters. The lowest BCUT2D eigenvalue weighted by Gasteiger charge is -2.12. The second kappa shape index (κ2) is 6.46. The predicted molar refractivity (Wildman–Crippen MR) is 94.7 cm³/mol. The summed E-state index contributed by atoms with van der Waals surface area (Å²) in [5, 5.41) is 0.263. The van der Waals surface area contributed by atoms with Gasteiger partial charge >= 0.3 is 6.18 Å². The molecule has 0 amide bonds. The van der Waals surface area contributed by atoms with Gasteiger partial charge in [-0.3, -0.25) is 0 Å². The van der Waals surface area contributed by atoms with Crippen molar-refractivity contribution in [1.29, 1.82) is 0 Å². The zero-order valence-electron chi connectivity index (χ0n) is 14.3. The Labute approximate surface area is 150 Å². The van der Waals surface area contributed by atoms with Gasteiger partial charge in [0.05, 0.1) is 16.0 Å². The van der Waals surface area contributed by atoms with Crippen molar-refractivity contribution in [3.63, 3.8) is 0 Å². The molecule has 3 rings (SSSR count). The molecule has 26 heavy (non-hydrogen) atoms. The summed E-state index contributed by atoms with van der Waals surface area (Å²) < 4.78 is 66.4. The number of nitrogens with zero attached hydrogens (tertiary/aromatic N) is 1. The van der Waals surface area contributed by atoms with Crippen molar-refractivity contribution >= 4 is 20.9 Å². The first kappa shape index (κ1) is 18.5. The highest BCUT2D eigenvalue weighted by atomic mass is 32.2. The van der Waals surface area contributed by atoms with Gasteiger partial charge in [-0.25, -0.2) is 12.4 Å². The normalized spacial score (nSPS) is 12.7. The Morgan fingerprint density at radius 2 is 1.65 bits per heavy atom. The van der Waals surface area contributed by atoms with Gasteiger partial charge in [-0.15, -0.1) is 0 Å². The minimum atomic E-state index is -4.48. The van der Waals surface area contributed by atoms with Crippen LogP contribution in [0.25, 0.3) is 10.9 Å². The van der Waals surface area contributed by atoms with Crippen molar-refractivity contribution in [2.45, 2.75) is 37.8 Å². The molecule has 0 unspecified atom stereocenters. The average Bonchev–Trinajstić information content (AvgIpc) is 2.92. The van der Waals surface area contributed by atoms with Crippen LogP contribution in [0.2, 0.25) is 0 Å². The summed E-state index contributed by atoms with van der Waals surface area (Å²) in [5.41, 5.74) is 0.854. The Hall–Kier alpha value is -2.28. The van der Waals surface area contributed by atoms with Gasteiger partial charge in [0.25, 0.3) is 10.0 Å².